The van der Waals surface area contributed by atoms with Crippen molar-refractivity contribution in [3.63, 3.8) is 0 Å². The van der Waals surface area contributed by atoms with Gasteiger partial charge in [-0.25, -0.2) is 8.42 Å². The third-order valence-corrected chi connectivity index (χ3v) is 7.00. The second-order valence-corrected chi connectivity index (χ2v) is 9.38. The first-order valence-electron chi connectivity index (χ1n) is 9.49. The summed E-state index contributed by atoms with van der Waals surface area (Å²) < 4.78 is 23.8. The van der Waals surface area contributed by atoms with Gasteiger partial charge in [-0.1, -0.05) is 19.1 Å². The van der Waals surface area contributed by atoms with Crippen LogP contribution in [-0.2, 0) is 9.84 Å². The van der Waals surface area contributed by atoms with Gasteiger partial charge >= 0.3 is 0 Å². The number of nitrogens with one attached hydrogen (secondary N) is 1. The van der Waals surface area contributed by atoms with Crippen LogP contribution in [0.1, 0.15) is 35.7 Å². The van der Waals surface area contributed by atoms with Gasteiger partial charge in [0.25, 0.3) is 5.91 Å². The molecule has 0 radical (unpaired) electrons. The van der Waals surface area contributed by atoms with Crippen molar-refractivity contribution in [2.45, 2.75) is 37.6 Å². The van der Waals surface area contributed by atoms with Crippen LogP contribution in [0.2, 0.25) is 0 Å². The van der Waals surface area contributed by atoms with Crippen LogP contribution in [0.25, 0.3) is 0 Å². The first-order chi connectivity index (χ1) is 13.3. The fraction of sp³-hybridized carbons (Fsp3) is 0.381. The number of nitrogens with zero attached hydrogens (tertiary/aromatic N) is 1. The number of aromatic hydroxyl groups is 1. The van der Waals surface area contributed by atoms with Gasteiger partial charge in [0.2, 0.25) is 0 Å². The molecule has 28 heavy (non-hydrogen) atoms. The number of hydrogen-bond donors (Lipinski definition) is 2. The molecular formula is C21H26N2O4S. The number of benzene rings is 2. The summed E-state index contributed by atoms with van der Waals surface area (Å²) in [5.41, 5.74) is 1.96. The molecule has 0 spiro atoms. The molecule has 0 unspecified atom stereocenters. The number of rotatable bonds is 5. The highest BCUT2D eigenvalue weighted by Crippen LogP contribution is 2.24. The fourth-order valence-electron chi connectivity index (χ4n) is 3.42. The Hall–Kier alpha value is -2.54. The molecule has 1 saturated heterocycles. The molecule has 0 aliphatic carbocycles. The Morgan fingerprint density at radius 2 is 1.79 bits per heavy atom. The van der Waals surface area contributed by atoms with E-state index in [4.69, 9.17) is 0 Å². The first kappa shape index (κ1) is 20.2. The van der Waals surface area contributed by atoms with Crippen LogP contribution in [0.3, 0.4) is 0 Å². The Morgan fingerprint density at radius 1 is 1.14 bits per heavy atom. The van der Waals surface area contributed by atoms with Crippen LogP contribution in [0, 0.1) is 6.92 Å². The largest absolute Gasteiger partial charge is 0.507 e. The van der Waals surface area contributed by atoms with Crippen LogP contribution in [0.4, 0.5) is 5.69 Å². The highest BCUT2D eigenvalue weighted by atomic mass is 32.2. The highest BCUT2D eigenvalue weighted by molar-refractivity contribution is 7.91. The third-order valence-electron chi connectivity index (χ3n) is 5.25. The van der Waals surface area contributed by atoms with Crippen LogP contribution in [0.15, 0.2) is 47.4 Å². The van der Waals surface area contributed by atoms with Crippen molar-refractivity contribution in [3.8, 4) is 5.75 Å². The van der Waals surface area contributed by atoms with Gasteiger partial charge < -0.3 is 15.3 Å². The van der Waals surface area contributed by atoms with E-state index in [1.807, 2.05) is 12.1 Å². The van der Waals surface area contributed by atoms with E-state index in [9.17, 15) is 18.3 Å². The number of hydrogen-bond acceptors (Lipinski definition) is 5. The number of aryl methyl sites for hydroxylation is 1. The zero-order valence-electron chi connectivity index (χ0n) is 16.2. The number of carbonyl (C=O) groups excluding carboxylic acids is 1. The maximum absolute atomic E-state index is 12.5. The standard InChI is InChI=1S/C21H26N2O4S/c1-3-28(26,27)18-9-7-17(8-10-18)23-13-11-16(12-14-23)22-21(25)19-6-4-5-15(2)20(19)24/h4-10,16,24H,3,11-14H2,1-2H3,(H,22,25). The maximum atomic E-state index is 12.5. The summed E-state index contributed by atoms with van der Waals surface area (Å²) in [4.78, 5) is 15.0. The van der Waals surface area contributed by atoms with Crippen LogP contribution >= 0.6 is 0 Å². The summed E-state index contributed by atoms with van der Waals surface area (Å²) in [6.45, 7) is 4.94. The summed E-state index contributed by atoms with van der Waals surface area (Å²) >= 11 is 0. The summed E-state index contributed by atoms with van der Waals surface area (Å²) in [7, 11) is -3.19. The van der Waals surface area contributed by atoms with Crippen LogP contribution < -0.4 is 10.2 Å². The van der Waals surface area contributed by atoms with Gasteiger partial charge in [-0.2, -0.15) is 0 Å². The van der Waals surface area contributed by atoms with Gasteiger partial charge in [-0.05, 0) is 55.7 Å². The minimum atomic E-state index is -3.19. The first-order valence-corrected chi connectivity index (χ1v) is 11.1. The summed E-state index contributed by atoms with van der Waals surface area (Å²) in [6.07, 6.45) is 1.57. The zero-order chi connectivity index (χ0) is 20.3. The van der Waals surface area contributed by atoms with Crippen molar-refractivity contribution in [2.24, 2.45) is 0 Å². The molecule has 1 aliphatic rings. The Morgan fingerprint density at radius 3 is 2.39 bits per heavy atom. The molecule has 2 N–H and O–H groups in total. The highest BCUT2D eigenvalue weighted by Gasteiger charge is 2.23. The molecule has 1 amide bonds. The molecule has 1 aliphatic heterocycles. The fourth-order valence-corrected chi connectivity index (χ4v) is 4.30. The topological polar surface area (TPSA) is 86.7 Å². The number of para-hydroxylation sites is 1. The van der Waals surface area contributed by atoms with Gasteiger partial charge in [-0.3, -0.25) is 4.79 Å². The number of sulfone groups is 1. The Balaban J connectivity index is 1.59. The predicted octanol–water partition coefficient (Wildman–Crippen LogP) is 2.89. The van der Waals surface area contributed by atoms with Gasteiger partial charge in [0, 0.05) is 24.8 Å². The average molecular weight is 403 g/mol. The van der Waals surface area contributed by atoms with E-state index in [-0.39, 0.29) is 23.5 Å². The molecule has 7 heteroatoms. The van der Waals surface area contributed by atoms with E-state index in [1.165, 1.54) is 0 Å². The number of amides is 1. The average Bonchev–Trinajstić information content (AvgIpc) is 2.70. The molecule has 6 nitrogen and oxygen atoms in total. The van der Waals surface area contributed by atoms with E-state index in [2.05, 4.69) is 10.2 Å². The predicted molar refractivity (Wildman–Crippen MR) is 110 cm³/mol. The van der Waals surface area contributed by atoms with E-state index >= 15 is 0 Å². The normalized spacial score (nSPS) is 15.4. The second kappa shape index (κ2) is 8.22. The van der Waals surface area contributed by atoms with E-state index in [0.29, 0.717) is 16.0 Å². The van der Waals surface area contributed by atoms with Gasteiger partial charge in [0.05, 0.1) is 16.2 Å². The van der Waals surface area contributed by atoms with E-state index in [0.717, 1.165) is 31.6 Å². The molecule has 0 saturated carbocycles. The molecule has 1 fully saturated rings. The van der Waals surface area contributed by atoms with Crippen LogP contribution in [0.5, 0.6) is 5.75 Å². The molecule has 0 atom stereocenters. The lowest BCUT2D eigenvalue weighted by Crippen LogP contribution is -2.44. The molecular weight excluding hydrogens is 376 g/mol. The van der Waals surface area contributed by atoms with Gasteiger partial charge in [0.15, 0.2) is 9.84 Å². The molecule has 1 heterocycles. The van der Waals surface area contributed by atoms with Gasteiger partial charge in [0.1, 0.15) is 5.75 Å². The minimum absolute atomic E-state index is 0.0274. The molecule has 150 valence electrons. The molecule has 3 rings (SSSR count). The van der Waals surface area contributed by atoms with Crippen molar-refractivity contribution < 1.29 is 18.3 Å². The summed E-state index contributed by atoms with van der Waals surface area (Å²) in [5.74, 6) is -0.137. The zero-order valence-corrected chi connectivity index (χ0v) is 17.0. The lowest BCUT2D eigenvalue weighted by molar-refractivity contribution is 0.0928. The van der Waals surface area contributed by atoms with E-state index in [1.54, 1.807) is 44.2 Å². The number of phenols is 1. The quantitative estimate of drug-likeness (QED) is 0.803. The van der Waals surface area contributed by atoms with Crippen molar-refractivity contribution in [3.05, 3.63) is 53.6 Å². The maximum Gasteiger partial charge on any atom is 0.255 e. The Kier molecular flexibility index (Phi) is 5.93. The summed E-state index contributed by atoms with van der Waals surface area (Å²) in [6, 6.07) is 12.2. The second-order valence-electron chi connectivity index (χ2n) is 7.10. The lowest BCUT2D eigenvalue weighted by Gasteiger charge is -2.34. The SMILES string of the molecule is CCS(=O)(=O)c1ccc(N2CCC(NC(=O)c3cccc(C)c3O)CC2)cc1. The number of carbonyl (C=O) groups is 1. The molecule has 2 aromatic rings. The number of anilines is 1. The summed E-state index contributed by atoms with van der Waals surface area (Å²) in [5, 5.41) is 13.1. The number of piperidine rings is 1. The smallest absolute Gasteiger partial charge is 0.255 e. The van der Waals surface area contributed by atoms with Crippen molar-refractivity contribution in [1.82, 2.24) is 5.32 Å². The monoisotopic (exact) mass is 402 g/mol. The molecule has 0 aromatic heterocycles. The van der Waals surface area contributed by atoms with Gasteiger partial charge in [-0.15, -0.1) is 0 Å². The van der Waals surface area contributed by atoms with E-state index < -0.39 is 9.84 Å². The van der Waals surface area contributed by atoms with Crippen molar-refractivity contribution >= 4 is 21.4 Å². The molecule has 0 bridgehead atoms. The Labute approximate surface area is 166 Å². The van der Waals surface area contributed by atoms with Crippen molar-refractivity contribution in [2.75, 3.05) is 23.7 Å². The number of phenolic OH excluding ortho intramolecular Hbond substituents is 1. The van der Waals surface area contributed by atoms with Crippen LogP contribution in [-0.4, -0.2) is 44.3 Å². The third kappa shape index (κ3) is 4.30. The lowest BCUT2D eigenvalue weighted by atomic mass is 10.0. The minimum Gasteiger partial charge on any atom is -0.507 e. The van der Waals surface area contributed by atoms with Crippen molar-refractivity contribution in [1.29, 1.82) is 0 Å². The molecule has 2 aromatic carbocycles. The Bertz CT molecular complexity index is 947.